The number of rotatable bonds is 30. The molecule has 0 saturated carbocycles. The van der Waals surface area contributed by atoms with Gasteiger partial charge in [0.2, 0.25) is 0 Å². The van der Waals surface area contributed by atoms with Crippen LogP contribution in [0, 0.1) is 0 Å². The van der Waals surface area contributed by atoms with Gasteiger partial charge < -0.3 is 30.3 Å². The van der Waals surface area contributed by atoms with Crippen LogP contribution in [0.3, 0.4) is 0 Å². The maximum atomic E-state index is 13.2. The van der Waals surface area contributed by atoms with Gasteiger partial charge in [-0.15, -0.1) is 0 Å². The zero-order chi connectivity index (χ0) is 40.2. The van der Waals surface area contributed by atoms with Crippen molar-refractivity contribution in [2.75, 3.05) is 25.5 Å². The van der Waals surface area contributed by atoms with Crippen molar-refractivity contribution in [3.05, 3.63) is 53.2 Å². The van der Waals surface area contributed by atoms with Crippen LogP contribution in [0.15, 0.2) is 41.9 Å². The number of fused-ring (bicyclic) bond motifs is 1. The molecule has 4 rings (SSSR count). The molecule has 314 valence electrons. The highest BCUT2D eigenvalue weighted by Gasteiger charge is 2.56. The highest BCUT2D eigenvalue weighted by atomic mass is 35.5. The van der Waals surface area contributed by atoms with Crippen LogP contribution in [-0.2, 0) is 29.7 Å². The van der Waals surface area contributed by atoms with Crippen molar-refractivity contribution < 1.29 is 38.2 Å². The molecule has 1 fully saturated rings. The summed E-state index contributed by atoms with van der Waals surface area (Å²) in [4.78, 5) is 22.7. The van der Waals surface area contributed by atoms with Gasteiger partial charge >= 0.3 is 7.82 Å². The second-order valence-corrected chi connectivity index (χ2v) is 16.9. The Morgan fingerprint density at radius 3 is 2.21 bits per heavy atom. The number of aliphatic imine (C=N–C) groups is 1. The van der Waals surface area contributed by atoms with Gasteiger partial charge in [-0.3, -0.25) is 19.0 Å². The molecule has 0 spiro atoms. The molecule has 1 saturated heterocycles. The molecule has 0 bridgehead atoms. The van der Waals surface area contributed by atoms with Crippen molar-refractivity contribution >= 4 is 37.5 Å². The zero-order valence-electron chi connectivity index (χ0n) is 33.1. The van der Waals surface area contributed by atoms with Gasteiger partial charge in [-0.25, -0.2) is 14.1 Å². The predicted molar refractivity (Wildman–Crippen MR) is 219 cm³/mol. The smallest absolute Gasteiger partial charge is 0.387 e. The maximum absolute atomic E-state index is 13.2. The Kier molecular flexibility index (Phi) is 20.1. The van der Waals surface area contributed by atoms with Crippen LogP contribution in [0.25, 0.3) is 5.52 Å². The van der Waals surface area contributed by atoms with Crippen molar-refractivity contribution in [2.45, 2.75) is 159 Å². The van der Waals surface area contributed by atoms with Crippen LogP contribution in [0.5, 0.6) is 0 Å². The van der Waals surface area contributed by atoms with E-state index in [1.165, 1.54) is 107 Å². The summed E-state index contributed by atoms with van der Waals surface area (Å²) in [6.45, 7) is 4.85. The third kappa shape index (κ3) is 14.7. The normalized spacial score (nSPS) is 21.4. The summed E-state index contributed by atoms with van der Waals surface area (Å²) in [5.41, 5.74) is 5.87. The molecule has 6 atom stereocenters. The van der Waals surface area contributed by atoms with Crippen molar-refractivity contribution in [3.63, 3.8) is 0 Å². The van der Waals surface area contributed by atoms with E-state index in [1.807, 2.05) is 0 Å². The fraction of sp³-hybridized carbons (Fsp3) is 0.700. The number of nitrogens with zero attached hydrogens (tertiary/aromatic N) is 5. The SMILES string of the molecule is C=NC[C@]1(COP(=O)(O)OC[C@@H](CCCCCCCCCCCCCCCCCCC)OCc2cncc(Cl)c2)O[C@@H](c2ccc3c(N)ncnn23)[C@H](O)[C@@H]1O. The first-order valence-electron chi connectivity index (χ1n) is 20.5. The van der Waals surface area contributed by atoms with Crippen LogP contribution in [0.1, 0.15) is 140 Å². The summed E-state index contributed by atoms with van der Waals surface area (Å²) >= 11 is 6.11. The molecule has 0 aromatic carbocycles. The number of hydrogen-bond acceptors (Lipinski definition) is 12. The number of phosphoric ester groups is 1. The summed E-state index contributed by atoms with van der Waals surface area (Å²) in [6.07, 6.45) is 22.0. The molecule has 1 aliphatic heterocycles. The minimum absolute atomic E-state index is 0.190. The fourth-order valence-corrected chi connectivity index (χ4v) is 8.25. The van der Waals surface area contributed by atoms with Crippen molar-refractivity contribution in [3.8, 4) is 0 Å². The van der Waals surface area contributed by atoms with Crippen molar-refractivity contribution in [1.29, 1.82) is 0 Å². The molecule has 1 aliphatic rings. The molecule has 3 aromatic rings. The lowest BCUT2D eigenvalue weighted by molar-refractivity contribution is -0.106. The summed E-state index contributed by atoms with van der Waals surface area (Å²) in [6, 6.07) is 5.05. The Morgan fingerprint density at radius 1 is 0.982 bits per heavy atom. The molecule has 5 N–H and O–H groups in total. The number of nitrogen functional groups attached to an aromatic ring is 1. The van der Waals surface area contributed by atoms with E-state index < -0.39 is 44.4 Å². The Morgan fingerprint density at radius 2 is 1.61 bits per heavy atom. The molecule has 16 heteroatoms. The molecule has 14 nitrogen and oxygen atoms in total. The largest absolute Gasteiger partial charge is 0.472 e. The summed E-state index contributed by atoms with van der Waals surface area (Å²) in [7, 11) is -4.71. The van der Waals surface area contributed by atoms with E-state index in [4.69, 9.17) is 35.9 Å². The Balaban J connectivity index is 1.21. The monoisotopic (exact) mass is 822 g/mol. The molecule has 1 unspecified atom stereocenters. The number of pyridine rings is 1. The summed E-state index contributed by atoms with van der Waals surface area (Å²) < 4.78 is 37.8. The van der Waals surface area contributed by atoms with Crippen LogP contribution in [0.2, 0.25) is 5.02 Å². The van der Waals surface area contributed by atoms with E-state index in [0.717, 1.165) is 24.8 Å². The molecular formula is C40H64ClN6O8P. The van der Waals surface area contributed by atoms with E-state index in [9.17, 15) is 19.7 Å². The first-order chi connectivity index (χ1) is 27.1. The third-order valence-corrected chi connectivity index (χ3v) is 11.6. The highest BCUT2D eigenvalue weighted by Crippen LogP contribution is 2.48. The van der Waals surface area contributed by atoms with Crippen molar-refractivity contribution in [2.24, 2.45) is 4.99 Å². The Labute approximate surface area is 337 Å². The average molecular weight is 823 g/mol. The van der Waals surface area contributed by atoms with E-state index in [1.54, 1.807) is 24.4 Å². The highest BCUT2D eigenvalue weighted by molar-refractivity contribution is 7.47. The van der Waals surface area contributed by atoms with E-state index in [-0.39, 0.29) is 25.6 Å². The van der Waals surface area contributed by atoms with Crippen molar-refractivity contribution in [1.82, 2.24) is 19.6 Å². The second-order valence-electron chi connectivity index (χ2n) is 15.0. The number of aliphatic hydroxyl groups excluding tert-OH is 2. The number of ether oxygens (including phenoxy) is 2. The second kappa shape index (κ2) is 24.4. The minimum atomic E-state index is -4.71. The first-order valence-corrected chi connectivity index (χ1v) is 22.3. The number of halogens is 1. The molecule has 0 aliphatic carbocycles. The number of aliphatic hydroxyl groups is 2. The lowest BCUT2D eigenvalue weighted by Crippen LogP contribution is -2.49. The number of unbranched alkanes of at least 4 members (excludes halogenated alkanes) is 16. The molecule has 56 heavy (non-hydrogen) atoms. The molecule has 0 radical (unpaired) electrons. The number of hydrogen-bond donors (Lipinski definition) is 4. The quantitative estimate of drug-likeness (QED) is 0.0285. The maximum Gasteiger partial charge on any atom is 0.472 e. The van der Waals surface area contributed by atoms with Gasteiger partial charge in [-0.1, -0.05) is 128 Å². The minimum Gasteiger partial charge on any atom is -0.387 e. The molecule has 3 aromatic heterocycles. The van der Waals surface area contributed by atoms with Gasteiger partial charge in [0.25, 0.3) is 0 Å². The van der Waals surface area contributed by atoms with E-state index in [0.29, 0.717) is 22.7 Å². The number of nitrogens with two attached hydrogens (primary N) is 1. The van der Waals surface area contributed by atoms with Gasteiger partial charge in [-0.05, 0) is 36.9 Å². The van der Waals surface area contributed by atoms with Gasteiger partial charge in [0.15, 0.2) is 5.82 Å². The van der Waals surface area contributed by atoms with Crippen LogP contribution < -0.4 is 5.73 Å². The standard InChI is InChI=1S/C40H64ClN6O8P/c1-3-4-5-6-7-8-9-10-11-12-13-14-15-16-17-18-19-20-33(52-26-31-23-32(41)25-44-24-31)27-53-56(50,51)54-29-40(28-43-2)38(49)36(48)37(55-40)34-21-22-35-39(42)45-30-46-47(34)35/h21-25,30,33,36-38,48-49H,2-20,26-29H2,1H3,(H,50,51)(H2,42,45,46)/t33-,36+,37+,38+,40-/m1/s1. The lowest BCUT2D eigenvalue weighted by atomic mass is 9.95. The zero-order valence-corrected chi connectivity index (χ0v) is 34.7. The van der Waals surface area contributed by atoms with Crippen LogP contribution in [-0.4, -0.2) is 85.1 Å². The topological polar surface area (TPSA) is 196 Å². The Bertz CT molecular complexity index is 1640. The molecule has 4 heterocycles. The first kappa shape index (κ1) is 46.2. The lowest BCUT2D eigenvalue weighted by Gasteiger charge is -2.30. The number of aromatic nitrogens is 4. The van der Waals surface area contributed by atoms with Crippen LogP contribution in [0.4, 0.5) is 5.82 Å². The fourth-order valence-electron chi connectivity index (χ4n) is 7.24. The molecular weight excluding hydrogens is 759 g/mol. The van der Waals surface area contributed by atoms with E-state index in [2.05, 4.69) is 33.7 Å². The third-order valence-electron chi connectivity index (χ3n) is 10.5. The van der Waals surface area contributed by atoms with Gasteiger partial charge in [0.1, 0.15) is 35.8 Å². The van der Waals surface area contributed by atoms with Crippen LogP contribution >= 0.6 is 19.4 Å². The van der Waals surface area contributed by atoms with E-state index >= 15 is 0 Å². The average Bonchev–Trinajstić information content (AvgIpc) is 3.72. The number of phosphoric acid groups is 1. The summed E-state index contributed by atoms with van der Waals surface area (Å²) in [5, 5.41) is 26.9. The van der Waals surface area contributed by atoms with Gasteiger partial charge in [-0.2, -0.15) is 5.10 Å². The predicted octanol–water partition coefficient (Wildman–Crippen LogP) is 8.35. The number of anilines is 1. The molecule has 0 amide bonds. The summed E-state index contributed by atoms with van der Waals surface area (Å²) in [5.74, 6) is 0.219. The Hall–Kier alpha value is -2.52. The van der Waals surface area contributed by atoms with Gasteiger partial charge in [0.05, 0.1) is 43.2 Å². The van der Waals surface area contributed by atoms with Gasteiger partial charge in [0, 0.05) is 12.4 Å².